The lowest BCUT2D eigenvalue weighted by molar-refractivity contribution is 0.310. The van der Waals surface area contributed by atoms with Gasteiger partial charge in [0.1, 0.15) is 0 Å². The maximum absolute atomic E-state index is 4.46. The van der Waals surface area contributed by atoms with Gasteiger partial charge >= 0.3 is 0 Å². The van der Waals surface area contributed by atoms with Crippen LogP contribution in [-0.4, -0.2) is 50.9 Å². The molecule has 1 atom stereocenters. The van der Waals surface area contributed by atoms with Crippen LogP contribution in [0.25, 0.3) is 5.65 Å². The van der Waals surface area contributed by atoms with Crippen molar-refractivity contribution in [3.8, 4) is 0 Å². The zero-order chi connectivity index (χ0) is 13.4. The fourth-order valence-electron chi connectivity index (χ4n) is 3.20. The topological polar surface area (TPSA) is 83.3 Å². The van der Waals surface area contributed by atoms with E-state index in [2.05, 4.69) is 36.4 Å². The van der Waals surface area contributed by atoms with E-state index < -0.39 is 0 Å². The first-order valence-corrected chi connectivity index (χ1v) is 7.19. The summed E-state index contributed by atoms with van der Waals surface area (Å²) >= 11 is 0. The molecule has 0 aromatic carbocycles. The monoisotopic (exact) mass is 274 g/mol. The van der Waals surface area contributed by atoms with Crippen molar-refractivity contribution in [2.45, 2.75) is 25.3 Å². The molecule has 2 saturated heterocycles. The molecular weight excluding hydrogens is 256 g/mol. The summed E-state index contributed by atoms with van der Waals surface area (Å²) in [6, 6.07) is 4.55. The van der Waals surface area contributed by atoms with E-state index in [-0.39, 0.29) is 0 Å². The minimum Gasteiger partial charge on any atom is -0.355 e. The molecule has 2 aromatic heterocycles. The number of nitrogens with zero attached hydrogens (tertiary/aromatic N) is 6. The standard InChI is InChI=1S/C12H18N8/c1-2-12(16-20-11(1)15-17-18-20)19-7-4-9(5-8-19)10-3-6-13-14-10/h1-2,9-10,13-14H,3-8H2. The van der Waals surface area contributed by atoms with Crippen LogP contribution in [0.1, 0.15) is 19.3 Å². The third-order valence-corrected chi connectivity index (χ3v) is 4.36. The van der Waals surface area contributed by atoms with Crippen LogP contribution in [0.5, 0.6) is 0 Å². The van der Waals surface area contributed by atoms with E-state index in [9.17, 15) is 0 Å². The quantitative estimate of drug-likeness (QED) is 0.771. The van der Waals surface area contributed by atoms with E-state index in [1.807, 2.05) is 12.1 Å². The summed E-state index contributed by atoms with van der Waals surface area (Å²) in [5.74, 6) is 1.72. The van der Waals surface area contributed by atoms with Crippen molar-refractivity contribution in [1.82, 2.24) is 36.1 Å². The van der Waals surface area contributed by atoms with Crippen LogP contribution in [0.2, 0.25) is 0 Å². The Kier molecular flexibility index (Phi) is 2.96. The van der Waals surface area contributed by atoms with Gasteiger partial charge in [-0.3, -0.25) is 10.9 Å². The van der Waals surface area contributed by atoms with Crippen molar-refractivity contribution in [3.05, 3.63) is 12.1 Å². The van der Waals surface area contributed by atoms with Gasteiger partial charge in [-0.1, -0.05) is 0 Å². The molecular formula is C12H18N8. The van der Waals surface area contributed by atoms with Crippen LogP contribution in [-0.2, 0) is 0 Å². The van der Waals surface area contributed by atoms with E-state index in [4.69, 9.17) is 0 Å². The van der Waals surface area contributed by atoms with Crippen molar-refractivity contribution >= 4 is 11.5 Å². The van der Waals surface area contributed by atoms with Gasteiger partial charge in [-0.25, -0.2) is 0 Å². The number of rotatable bonds is 2. The molecule has 8 heteroatoms. The number of fused-ring (bicyclic) bond motifs is 1. The van der Waals surface area contributed by atoms with Gasteiger partial charge in [-0.05, 0) is 47.7 Å². The molecule has 0 bridgehead atoms. The first-order chi connectivity index (χ1) is 9.90. The van der Waals surface area contributed by atoms with Gasteiger partial charge < -0.3 is 4.90 Å². The third kappa shape index (κ3) is 2.10. The number of piperidine rings is 1. The number of hydrazine groups is 1. The molecule has 2 N–H and O–H groups in total. The Morgan fingerprint density at radius 1 is 1.15 bits per heavy atom. The van der Waals surface area contributed by atoms with Gasteiger partial charge in [-0.15, -0.1) is 14.8 Å². The molecule has 2 aliphatic heterocycles. The van der Waals surface area contributed by atoms with E-state index in [1.54, 1.807) is 0 Å². The van der Waals surface area contributed by atoms with Crippen molar-refractivity contribution in [2.75, 3.05) is 24.5 Å². The average molecular weight is 274 g/mol. The molecule has 4 rings (SSSR count). The summed E-state index contributed by atoms with van der Waals surface area (Å²) in [4.78, 5) is 2.32. The predicted octanol–water partition coefficient (Wildman–Crippen LogP) is -0.398. The fraction of sp³-hybridized carbons (Fsp3) is 0.667. The van der Waals surface area contributed by atoms with Crippen LogP contribution in [0, 0.1) is 5.92 Å². The first kappa shape index (κ1) is 12.0. The summed E-state index contributed by atoms with van der Waals surface area (Å²) in [7, 11) is 0. The van der Waals surface area contributed by atoms with Crippen molar-refractivity contribution in [1.29, 1.82) is 0 Å². The molecule has 4 heterocycles. The Morgan fingerprint density at radius 3 is 2.85 bits per heavy atom. The smallest absolute Gasteiger partial charge is 0.200 e. The molecule has 106 valence electrons. The van der Waals surface area contributed by atoms with Gasteiger partial charge in [0.2, 0.25) is 0 Å². The number of hydrogen-bond donors (Lipinski definition) is 2. The maximum atomic E-state index is 4.46. The minimum atomic E-state index is 0.632. The minimum absolute atomic E-state index is 0.632. The van der Waals surface area contributed by atoms with Crippen LogP contribution < -0.4 is 15.8 Å². The Morgan fingerprint density at radius 2 is 2.05 bits per heavy atom. The molecule has 0 spiro atoms. The third-order valence-electron chi connectivity index (χ3n) is 4.36. The zero-order valence-corrected chi connectivity index (χ0v) is 11.2. The van der Waals surface area contributed by atoms with E-state index in [1.165, 1.54) is 23.9 Å². The highest BCUT2D eigenvalue weighted by atomic mass is 15.6. The summed E-state index contributed by atoms with van der Waals surface area (Å²) < 4.78 is 1.49. The summed E-state index contributed by atoms with van der Waals surface area (Å²) in [5, 5.41) is 15.8. The van der Waals surface area contributed by atoms with Crippen LogP contribution >= 0.6 is 0 Å². The lowest BCUT2D eigenvalue weighted by Crippen LogP contribution is -2.43. The molecule has 0 radical (unpaired) electrons. The van der Waals surface area contributed by atoms with E-state index in [0.29, 0.717) is 11.7 Å². The number of nitrogens with one attached hydrogen (secondary N) is 2. The van der Waals surface area contributed by atoms with Gasteiger partial charge in [0.15, 0.2) is 11.5 Å². The van der Waals surface area contributed by atoms with Crippen LogP contribution in [0.4, 0.5) is 5.82 Å². The number of tetrazole rings is 1. The Balaban J connectivity index is 1.45. The lowest BCUT2D eigenvalue weighted by Gasteiger charge is -2.35. The van der Waals surface area contributed by atoms with Crippen molar-refractivity contribution in [3.63, 3.8) is 0 Å². The highest BCUT2D eigenvalue weighted by molar-refractivity contribution is 5.44. The predicted molar refractivity (Wildman–Crippen MR) is 73.1 cm³/mol. The normalized spacial score (nSPS) is 24.6. The highest BCUT2D eigenvalue weighted by Gasteiger charge is 2.28. The Labute approximate surface area is 116 Å². The van der Waals surface area contributed by atoms with E-state index >= 15 is 0 Å². The van der Waals surface area contributed by atoms with Gasteiger partial charge in [0.25, 0.3) is 0 Å². The van der Waals surface area contributed by atoms with Crippen molar-refractivity contribution in [2.24, 2.45) is 5.92 Å². The molecule has 2 aromatic rings. The lowest BCUT2D eigenvalue weighted by atomic mass is 9.88. The SMILES string of the molecule is c1cc2nnnn2nc1N1CCC(C2CCNN2)CC1. The van der Waals surface area contributed by atoms with Gasteiger partial charge in [0, 0.05) is 25.7 Å². The molecule has 1 unspecified atom stereocenters. The number of hydrogen-bond acceptors (Lipinski definition) is 7. The zero-order valence-electron chi connectivity index (χ0n) is 11.2. The molecule has 2 aliphatic rings. The summed E-state index contributed by atoms with van der Waals surface area (Å²) in [6.07, 6.45) is 3.64. The van der Waals surface area contributed by atoms with E-state index in [0.717, 1.165) is 31.4 Å². The fourth-order valence-corrected chi connectivity index (χ4v) is 3.20. The van der Waals surface area contributed by atoms with Crippen LogP contribution in [0.15, 0.2) is 12.1 Å². The van der Waals surface area contributed by atoms with Crippen LogP contribution in [0.3, 0.4) is 0 Å². The largest absolute Gasteiger partial charge is 0.355 e. The second-order valence-electron chi connectivity index (χ2n) is 5.51. The Hall–Kier alpha value is -1.80. The number of aromatic nitrogens is 5. The van der Waals surface area contributed by atoms with Gasteiger partial charge in [0.05, 0.1) is 0 Å². The highest BCUT2D eigenvalue weighted by Crippen LogP contribution is 2.26. The first-order valence-electron chi connectivity index (χ1n) is 7.19. The second kappa shape index (κ2) is 4.95. The average Bonchev–Trinajstić information content (AvgIpc) is 3.18. The summed E-state index contributed by atoms with van der Waals surface area (Å²) in [5.41, 5.74) is 7.30. The molecule has 0 aliphatic carbocycles. The van der Waals surface area contributed by atoms with Gasteiger partial charge in [-0.2, -0.15) is 0 Å². The molecule has 2 fully saturated rings. The molecule has 8 nitrogen and oxygen atoms in total. The Bertz CT molecular complexity index is 582. The molecule has 20 heavy (non-hydrogen) atoms. The molecule has 0 amide bonds. The number of anilines is 1. The van der Waals surface area contributed by atoms with Crippen molar-refractivity contribution < 1.29 is 0 Å². The summed E-state index contributed by atoms with van der Waals surface area (Å²) in [6.45, 7) is 3.18. The molecule has 0 saturated carbocycles. The second-order valence-corrected chi connectivity index (χ2v) is 5.51. The maximum Gasteiger partial charge on any atom is 0.200 e.